The summed E-state index contributed by atoms with van der Waals surface area (Å²) in [4.78, 5) is 13.9. The summed E-state index contributed by atoms with van der Waals surface area (Å²) in [5.74, 6) is 0.104. The molecule has 1 fully saturated rings. The number of carbonyl (C=O) groups is 1. The van der Waals surface area contributed by atoms with E-state index in [-0.39, 0.29) is 5.91 Å². The van der Waals surface area contributed by atoms with Gasteiger partial charge in [0.25, 0.3) is 0 Å². The molecule has 1 aliphatic heterocycles. The second-order valence-electron chi connectivity index (χ2n) is 4.30. The molecule has 0 aromatic carbocycles. The van der Waals surface area contributed by atoms with Crippen molar-refractivity contribution in [2.24, 2.45) is 5.73 Å². The van der Waals surface area contributed by atoms with Gasteiger partial charge in [0.2, 0.25) is 5.91 Å². The van der Waals surface area contributed by atoms with Crippen LogP contribution < -0.4 is 11.1 Å². The fraction of sp³-hybridized carbons (Fsp3) is 0.909. The van der Waals surface area contributed by atoms with E-state index in [1.807, 2.05) is 0 Å². The maximum atomic E-state index is 11.6. The number of amides is 1. The first-order valence-corrected chi connectivity index (χ1v) is 5.91. The summed E-state index contributed by atoms with van der Waals surface area (Å²) in [5.41, 5.74) is 5.34. The van der Waals surface area contributed by atoms with E-state index in [9.17, 15) is 4.79 Å². The van der Waals surface area contributed by atoms with Crippen LogP contribution >= 0.6 is 0 Å². The van der Waals surface area contributed by atoms with Crippen molar-refractivity contribution in [3.05, 3.63) is 0 Å². The van der Waals surface area contributed by atoms with Crippen molar-refractivity contribution in [3.63, 3.8) is 0 Å². The molecule has 0 spiro atoms. The molecule has 4 heteroatoms. The molecule has 1 saturated heterocycles. The highest BCUT2D eigenvalue weighted by atomic mass is 16.2. The average molecular weight is 213 g/mol. The average Bonchev–Trinajstić information content (AvgIpc) is 2.57. The molecule has 0 aliphatic carbocycles. The van der Waals surface area contributed by atoms with E-state index in [2.05, 4.69) is 24.1 Å². The van der Waals surface area contributed by atoms with E-state index in [1.165, 1.54) is 12.8 Å². The lowest BCUT2D eigenvalue weighted by Gasteiger charge is -2.26. The molecule has 0 bridgehead atoms. The van der Waals surface area contributed by atoms with Crippen molar-refractivity contribution in [2.75, 3.05) is 19.6 Å². The molecule has 1 aliphatic rings. The van der Waals surface area contributed by atoms with Crippen LogP contribution in [0.25, 0.3) is 0 Å². The van der Waals surface area contributed by atoms with E-state index in [0.717, 1.165) is 6.42 Å². The maximum Gasteiger partial charge on any atom is 0.234 e. The van der Waals surface area contributed by atoms with Gasteiger partial charge in [-0.15, -0.1) is 0 Å². The minimum absolute atomic E-state index is 0.104. The molecule has 0 aromatic rings. The van der Waals surface area contributed by atoms with Crippen LogP contribution in [0.1, 0.15) is 33.1 Å². The van der Waals surface area contributed by atoms with Gasteiger partial charge in [0.15, 0.2) is 0 Å². The Hall–Kier alpha value is -0.610. The minimum atomic E-state index is 0.104. The summed E-state index contributed by atoms with van der Waals surface area (Å²) < 4.78 is 0. The van der Waals surface area contributed by atoms with Crippen molar-refractivity contribution in [3.8, 4) is 0 Å². The predicted octanol–water partition coefficient (Wildman–Crippen LogP) is 0.324. The lowest BCUT2D eigenvalue weighted by molar-refractivity contribution is -0.122. The highest BCUT2D eigenvalue weighted by Crippen LogP contribution is 2.25. The molecule has 0 radical (unpaired) electrons. The van der Waals surface area contributed by atoms with Crippen LogP contribution in [0.5, 0.6) is 0 Å². The summed E-state index contributed by atoms with van der Waals surface area (Å²) in [7, 11) is 0. The summed E-state index contributed by atoms with van der Waals surface area (Å²) in [6.45, 7) is 6.01. The molecule has 1 rings (SSSR count). The topological polar surface area (TPSA) is 58.4 Å². The zero-order valence-corrected chi connectivity index (χ0v) is 9.83. The van der Waals surface area contributed by atoms with E-state index < -0.39 is 0 Å². The van der Waals surface area contributed by atoms with Gasteiger partial charge in [-0.2, -0.15) is 0 Å². The quantitative estimate of drug-likeness (QED) is 0.691. The highest BCUT2D eigenvalue weighted by Gasteiger charge is 2.30. The van der Waals surface area contributed by atoms with Crippen molar-refractivity contribution in [1.82, 2.24) is 10.2 Å². The van der Waals surface area contributed by atoms with Gasteiger partial charge in [-0.1, -0.05) is 6.92 Å². The van der Waals surface area contributed by atoms with Gasteiger partial charge in [-0.3, -0.25) is 9.69 Å². The SMILES string of the molecule is CCC1CCC(C)N1CC(=O)NCCN. The number of nitrogens with zero attached hydrogens (tertiary/aromatic N) is 1. The summed E-state index contributed by atoms with van der Waals surface area (Å²) in [6, 6.07) is 1.13. The largest absolute Gasteiger partial charge is 0.354 e. The molecule has 0 aromatic heterocycles. The molecular weight excluding hydrogens is 190 g/mol. The van der Waals surface area contributed by atoms with Crippen LogP contribution in [0, 0.1) is 0 Å². The maximum absolute atomic E-state index is 11.6. The standard InChI is InChI=1S/C11H23N3O/c1-3-10-5-4-9(2)14(10)8-11(15)13-7-6-12/h9-10H,3-8,12H2,1-2H3,(H,13,15). The van der Waals surface area contributed by atoms with Crippen LogP contribution in [0.3, 0.4) is 0 Å². The lowest BCUT2D eigenvalue weighted by atomic mass is 10.1. The molecule has 2 atom stereocenters. The number of hydrogen-bond acceptors (Lipinski definition) is 3. The normalized spacial score (nSPS) is 26.9. The van der Waals surface area contributed by atoms with E-state index in [1.54, 1.807) is 0 Å². The summed E-state index contributed by atoms with van der Waals surface area (Å²) in [6.07, 6.45) is 3.57. The van der Waals surface area contributed by atoms with Gasteiger partial charge < -0.3 is 11.1 Å². The van der Waals surface area contributed by atoms with Gasteiger partial charge in [-0.25, -0.2) is 0 Å². The number of likely N-dealkylation sites (tertiary alicyclic amines) is 1. The van der Waals surface area contributed by atoms with E-state index in [0.29, 0.717) is 31.7 Å². The summed E-state index contributed by atoms with van der Waals surface area (Å²) >= 11 is 0. The third kappa shape index (κ3) is 3.47. The van der Waals surface area contributed by atoms with Crippen molar-refractivity contribution in [1.29, 1.82) is 0 Å². The molecular formula is C11H23N3O. The molecule has 3 N–H and O–H groups in total. The third-order valence-corrected chi connectivity index (χ3v) is 3.22. The molecule has 0 saturated carbocycles. The van der Waals surface area contributed by atoms with E-state index in [4.69, 9.17) is 5.73 Å². The second-order valence-corrected chi connectivity index (χ2v) is 4.30. The fourth-order valence-electron chi connectivity index (χ4n) is 2.28. The van der Waals surface area contributed by atoms with Gasteiger partial charge in [-0.05, 0) is 26.2 Å². The number of carbonyl (C=O) groups excluding carboxylic acids is 1. The Bertz CT molecular complexity index is 208. The molecule has 4 nitrogen and oxygen atoms in total. The Balaban J connectivity index is 2.37. The Kier molecular flexibility index (Phi) is 5.05. The van der Waals surface area contributed by atoms with Crippen LogP contribution in [0.4, 0.5) is 0 Å². The molecule has 88 valence electrons. The second kappa shape index (κ2) is 6.08. The number of nitrogens with one attached hydrogen (secondary N) is 1. The molecule has 2 unspecified atom stereocenters. The van der Waals surface area contributed by atoms with Gasteiger partial charge in [0.05, 0.1) is 6.54 Å². The first kappa shape index (κ1) is 12.5. The molecule has 1 heterocycles. The smallest absolute Gasteiger partial charge is 0.234 e. The van der Waals surface area contributed by atoms with Crippen LogP contribution in [-0.4, -0.2) is 42.5 Å². The lowest BCUT2D eigenvalue weighted by Crippen LogP contribution is -2.43. The van der Waals surface area contributed by atoms with Crippen molar-refractivity contribution in [2.45, 2.75) is 45.2 Å². The Labute approximate surface area is 92.2 Å². The predicted molar refractivity (Wildman–Crippen MR) is 61.5 cm³/mol. The number of nitrogens with two attached hydrogens (primary N) is 1. The van der Waals surface area contributed by atoms with Crippen molar-refractivity contribution >= 4 is 5.91 Å². The van der Waals surface area contributed by atoms with Gasteiger partial charge in [0.1, 0.15) is 0 Å². The van der Waals surface area contributed by atoms with Crippen LogP contribution in [0.2, 0.25) is 0 Å². The van der Waals surface area contributed by atoms with Crippen LogP contribution in [-0.2, 0) is 4.79 Å². The zero-order chi connectivity index (χ0) is 11.3. The van der Waals surface area contributed by atoms with Gasteiger partial charge >= 0.3 is 0 Å². The fourth-order valence-corrected chi connectivity index (χ4v) is 2.28. The monoisotopic (exact) mass is 213 g/mol. The minimum Gasteiger partial charge on any atom is -0.354 e. The first-order chi connectivity index (χ1) is 7.19. The number of hydrogen-bond donors (Lipinski definition) is 2. The third-order valence-electron chi connectivity index (χ3n) is 3.22. The number of rotatable bonds is 5. The Morgan fingerprint density at radius 2 is 2.27 bits per heavy atom. The highest BCUT2D eigenvalue weighted by molar-refractivity contribution is 5.78. The Morgan fingerprint density at radius 1 is 1.53 bits per heavy atom. The van der Waals surface area contributed by atoms with Crippen molar-refractivity contribution < 1.29 is 4.79 Å². The molecule has 1 amide bonds. The summed E-state index contributed by atoms with van der Waals surface area (Å²) in [5, 5.41) is 2.82. The van der Waals surface area contributed by atoms with Gasteiger partial charge in [0, 0.05) is 25.2 Å². The van der Waals surface area contributed by atoms with E-state index >= 15 is 0 Å². The Morgan fingerprint density at radius 3 is 2.87 bits per heavy atom. The van der Waals surface area contributed by atoms with Crippen LogP contribution in [0.15, 0.2) is 0 Å². The zero-order valence-electron chi connectivity index (χ0n) is 9.83. The molecule has 15 heavy (non-hydrogen) atoms. The first-order valence-electron chi connectivity index (χ1n) is 5.91.